The van der Waals surface area contributed by atoms with Gasteiger partial charge in [0.05, 0.1) is 5.92 Å². The van der Waals surface area contributed by atoms with E-state index in [4.69, 9.17) is 0 Å². The fraction of sp³-hybridized carbons (Fsp3) is 0.581. The van der Waals surface area contributed by atoms with Gasteiger partial charge < -0.3 is 10.2 Å². The summed E-state index contributed by atoms with van der Waals surface area (Å²) in [6.07, 6.45) is 10.2. The van der Waals surface area contributed by atoms with Gasteiger partial charge in [0.25, 0.3) is 0 Å². The van der Waals surface area contributed by atoms with Gasteiger partial charge in [-0.15, -0.1) is 0 Å². The van der Waals surface area contributed by atoms with Gasteiger partial charge >= 0.3 is 0 Å². The van der Waals surface area contributed by atoms with Crippen LogP contribution in [0.1, 0.15) is 80.4 Å². The number of fused-ring (bicyclic) bond motifs is 2. The van der Waals surface area contributed by atoms with Gasteiger partial charge in [0.15, 0.2) is 0 Å². The van der Waals surface area contributed by atoms with Crippen molar-refractivity contribution in [2.24, 2.45) is 11.8 Å². The predicted molar refractivity (Wildman–Crippen MR) is 138 cm³/mol. The summed E-state index contributed by atoms with van der Waals surface area (Å²) in [5.74, 6) is 0.157. The van der Waals surface area contributed by atoms with Crippen molar-refractivity contribution in [1.82, 2.24) is 10.2 Å². The molecule has 2 aliphatic heterocycles. The van der Waals surface area contributed by atoms with E-state index in [1.54, 1.807) is 0 Å². The lowest BCUT2D eigenvalue weighted by molar-refractivity contribution is -0.143. The molecule has 2 aromatic carbocycles. The summed E-state index contributed by atoms with van der Waals surface area (Å²) in [6.45, 7) is 1.85. The molecule has 3 fully saturated rings. The fourth-order valence-corrected chi connectivity index (χ4v) is 8.15. The van der Waals surface area contributed by atoms with Crippen molar-refractivity contribution in [3.8, 4) is 0 Å². The lowest BCUT2D eigenvalue weighted by Gasteiger charge is -2.48. The Kier molecular flexibility index (Phi) is 6.62. The number of piperidine rings is 1. The molecule has 2 aromatic rings. The predicted octanol–water partition coefficient (Wildman–Crippen LogP) is 6.11. The maximum absolute atomic E-state index is 15.3. The zero-order valence-corrected chi connectivity index (χ0v) is 21.2. The Morgan fingerprint density at radius 2 is 1.72 bits per heavy atom. The highest BCUT2D eigenvalue weighted by atomic mass is 19.1. The van der Waals surface area contributed by atoms with E-state index in [1.807, 2.05) is 0 Å². The van der Waals surface area contributed by atoms with E-state index in [9.17, 15) is 9.18 Å². The first-order chi connectivity index (χ1) is 17.6. The van der Waals surface area contributed by atoms with E-state index in [1.165, 1.54) is 49.8 Å². The number of nitrogens with zero attached hydrogens (tertiary/aromatic N) is 1. The summed E-state index contributed by atoms with van der Waals surface area (Å²) < 4.78 is 30.1. The summed E-state index contributed by atoms with van der Waals surface area (Å²) in [5, 5.41) is 3.43. The number of halogens is 2. The third-order valence-corrected chi connectivity index (χ3v) is 9.90. The Morgan fingerprint density at radius 3 is 2.53 bits per heavy atom. The van der Waals surface area contributed by atoms with Crippen molar-refractivity contribution >= 4 is 5.91 Å². The minimum atomic E-state index is -0.649. The SMILES string of the molecule is O=C([C@@H]1CNC[C@]12CCCc1c(F)ccc(F)c12)N1CC[C@@H](c2ccccc2)C[C@H]1C1CCCCC1. The van der Waals surface area contributed by atoms with E-state index >= 15 is 4.39 Å². The van der Waals surface area contributed by atoms with Crippen LogP contribution in [0.5, 0.6) is 0 Å². The number of hydrogen-bond acceptors (Lipinski definition) is 2. The molecule has 0 aromatic heterocycles. The van der Waals surface area contributed by atoms with E-state index in [0.717, 1.165) is 32.2 Å². The molecule has 0 radical (unpaired) electrons. The average molecular weight is 493 g/mol. The van der Waals surface area contributed by atoms with Crippen LogP contribution in [0, 0.1) is 23.5 Å². The molecule has 2 saturated heterocycles. The van der Waals surface area contributed by atoms with Crippen LogP contribution in [0.15, 0.2) is 42.5 Å². The molecule has 36 heavy (non-hydrogen) atoms. The Balaban J connectivity index is 1.33. The van der Waals surface area contributed by atoms with Crippen LogP contribution in [0.3, 0.4) is 0 Å². The molecule has 3 nitrogen and oxygen atoms in total. The van der Waals surface area contributed by atoms with Crippen LogP contribution in [0.2, 0.25) is 0 Å². The van der Waals surface area contributed by atoms with Crippen LogP contribution >= 0.6 is 0 Å². The molecule has 2 heterocycles. The first-order valence-corrected chi connectivity index (χ1v) is 14.1. The van der Waals surface area contributed by atoms with E-state index in [2.05, 4.69) is 40.5 Å². The van der Waals surface area contributed by atoms with Gasteiger partial charge in [0.2, 0.25) is 5.91 Å². The van der Waals surface area contributed by atoms with Gasteiger partial charge in [-0.25, -0.2) is 8.78 Å². The smallest absolute Gasteiger partial charge is 0.228 e. The summed E-state index contributed by atoms with van der Waals surface area (Å²) in [5.41, 5.74) is 1.70. The number of likely N-dealkylation sites (tertiary alicyclic amines) is 1. The van der Waals surface area contributed by atoms with Gasteiger partial charge in [-0.05, 0) is 80.0 Å². The molecular weight excluding hydrogens is 454 g/mol. The van der Waals surface area contributed by atoms with Crippen molar-refractivity contribution in [1.29, 1.82) is 0 Å². The van der Waals surface area contributed by atoms with Crippen LogP contribution in [-0.2, 0) is 16.6 Å². The third kappa shape index (κ3) is 4.08. The fourth-order valence-electron chi connectivity index (χ4n) is 8.15. The highest BCUT2D eigenvalue weighted by molar-refractivity contribution is 5.82. The number of nitrogens with one attached hydrogen (secondary N) is 1. The third-order valence-electron chi connectivity index (χ3n) is 9.90. The van der Waals surface area contributed by atoms with Crippen molar-refractivity contribution in [2.45, 2.75) is 81.6 Å². The maximum atomic E-state index is 15.3. The molecule has 4 aliphatic rings. The maximum Gasteiger partial charge on any atom is 0.228 e. The van der Waals surface area contributed by atoms with Gasteiger partial charge in [-0.2, -0.15) is 0 Å². The van der Waals surface area contributed by atoms with Gasteiger partial charge in [-0.1, -0.05) is 49.6 Å². The Morgan fingerprint density at radius 1 is 0.944 bits per heavy atom. The number of benzene rings is 2. The number of hydrogen-bond donors (Lipinski definition) is 1. The lowest BCUT2D eigenvalue weighted by Crippen LogP contribution is -2.55. The molecular formula is C31H38F2N2O. The Labute approximate surface area is 213 Å². The number of rotatable bonds is 3. The summed E-state index contributed by atoms with van der Waals surface area (Å²) in [6, 6.07) is 13.5. The minimum Gasteiger partial charge on any atom is -0.339 e. The molecule has 1 saturated carbocycles. The normalized spacial score (nSPS) is 30.9. The molecule has 4 atom stereocenters. The molecule has 5 heteroatoms. The Bertz CT molecular complexity index is 1100. The van der Waals surface area contributed by atoms with E-state index < -0.39 is 5.41 Å². The highest BCUT2D eigenvalue weighted by Crippen LogP contribution is 2.49. The molecule has 0 unspecified atom stereocenters. The minimum absolute atomic E-state index is 0.165. The number of carbonyl (C=O) groups is 1. The molecule has 0 bridgehead atoms. The summed E-state index contributed by atoms with van der Waals surface area (Å²) in [7, 11) is 0. The first-order valence-electron chi connectivity index (χ1n) is 14.1. The van der Waals surface area contributed by atoms with Crippen molar-refractivity contribution < 1.29 is 13.6 Å². The highest BCUT2D eigenvalue weighted by Gasteiger charge is 2.54. The summed E-state index contributed by atoms with van der Waals surface area (Å²) in [4.78, 5) is 16.6. The zero-order chi connectivity index (χ0) is 24.7. The molecule has 1 spiro atoms. The quantitative estimate of drug-likeness (QED) is 0.560. The van der Waals surface area contributed by atoms with Crippen molar-refractivity contribution in [2.75, 3.05) is 19.6 Å². The van der Waals surface area contributed by atoms with Crippen LogP contribution < -0.4 is 5.32 Å². The second kappa shape index (κ2) is 9.89. The van der Waals surface area contributed by atoms with E-state index in [-0.39, 0.29) is 29.5 Å². The largest absolute Gasteiger partial charge is 0.339 e. The summed E-state index contributed by atoms with van der Waals surface area (Å²) >= 11 is 0. The molecule has 6 rings (SSSR count). The van der Waals surface area contributed by atoms with Gasteiger partial charge in [0, 0.05) is 36.7 Å². The van der Waals surface area contributed by atoms with Crippen molar-refractivity contribution in [3.05, 3.63) is 70.8 Å². The van der Waals surface area contributed by atoms with Crippen LogP contribution in [0.4, 0.5) is 8.78 Å². The molecule has 1 N–H and O–H groups in total. The first kappa shape index (κ1) is 24.1. The molecule has 1 amide bonds. The lowest BCUT2D eigenvalue weighted by atomic mass is 9.63. The molecule has 2 aliphatic carbocycles. The van der Waals surface area contributed by atoms with E-state index in [0.29, 0.717) is 42.5 Å². The van der Waals surface area contributed by atoms with Gasteiger partial charge in [0.1, 0.15) is 11.6 Å². The zero-order valence-electron chi connectivity index (χ0n) is 21.2. The average Bonchev–Trinajstić information content (AvgIpc) is 3.34. The number of amides is 1. The van der Waals surface area contributed by atoms with Crippen LogP contribution in [-0.4, -0.2) is 36.5 Å². The number of carbonyl (C=O) groups excluding carboxylic acids is 1. The monoisotopic (exact) mass is 492 g/mol. The topological polar surface area (TPSA) is 32.3 Å². The second-order valence-electron chi connectivity index (χ2n) is 11.7. The van der Waals surface area contributed by atoms with Gasteiger partial charge in [-0.3, -0.25) is 4.79 Å². The Hall–Kier alpha value is -2.27. The molecule has 192 valence electrons. The standard InChI is InChI=1S/C31H38F2N2O/c32-26-13-14-27(33)29-24(26)12-7-16-31(29)20-34-19-25(31)30(36)35-17-15-23(21-8-3-1-4-9-21)18-28(35)22-10-5-2-6-11-22/h1,3-4,8-9,13-14,22-23,25,28,34H,2,5-7,10-12,15-20H2/t23-,25+,28+,31-/m1/s1. The second-order valence-corrected chi connectivity index (χ2v) is 11.7. The van der Waals surface area contributed by atoms with Crippen LogP contribution in [0.25, 0.3) is 0 Å². The van der Waals surface area contributed by atoms with Crippen molar-refractivity contribution in [3.63, 3.8) is 0 Å².